The lowest BCUT2D eigenvalue weighted by molar-refractivity contribution is -0.275. The number of pyridine rings is 1. The van der Waals surface area contributed by atoms with Gasteiger partial charge in [-0.25, -0.2) is 13.4 Å². The molecular formula is C26H20F6N4O4S. The molecule has 0 unspecified atom stereocenters. The minimum Gasteiger partial charge on any atom is -0.406 e. The molecule has 0 atom stereocenters. The van der Waals surface area contributed by atoms with Crippen molar-refractivity contribution in [2.24, 2.45) is 4.40 Å². The van der Waals surface area contributed by atoms with E-state index in [0.29, 0.717) is 28.1 Å². The number of benzene rings is 2. The van der Waals surface area contributed by atoms with Gasteiger partial charge in [-0.2, -0.15) is 0 Å². The van der Waals surface area contributed by atoms with Crippen LogP contribution in [0.1, 0.15) is 5.56 Å². The average molecular weight is 599 g/mol. The standard InChI is InChI=1S/C14H11F3N2O3S.C12H9F3N2O/c15-14(16,17)22-11-5-3-10(4-6-11)12-2-1-7-19-8-9-23(20,21)18-13(12)19;13-12(14,15)18-9-5-3-8(4-6-9)10-2-1-7-17-11(10)16/h1-7H,8-9H2;1-7H,(H2,16,17). The highest BCUT2D eigenvalue weighted by Crippen LogP contribution is 2.30. The lowest BCUT2D eigenvalue weighted by Gasteiger charge is -2.29. The summed E-state index contributed by atoms with van der Waals surface area (Å²) < 4.78 is 107. The molecule has 8 nitrogen and oxygen atoms in total. The van der Waals surface area contributed by atoms with Crippen LogP contribution in [0.2, 0.25) is 0 Å². The Bertz CT molecular complexity index is 1580. The maximum atomic E-state index is 12.2. The van der Waals surface area contributed by atoms with E-state index in [1.807, 2.05) is 0 Å². The summed E-state index contributed by atoms with van der Waals surface area (Å²) in [5, 5.41) is 0. The summed E-state index contributed by atoms with van der Waals surface area (Å²) in [6, 6.07) is 14.1. The van der Waals surface area contributed by atoms with Gasteiger partial charge in [0.1, 0.15) is 17.3 Å². The smallest absolute Gasteiger partial charge is 0.406 e. The number of rotatable bonds is 4. The van der Waals surface area contributed by atoms with E-state index in [1.165, 1.54) is 48.5 Å². The molecule has 0 bridgehead atoms. The molecule has 2 aliphatic heterocycles. The molecule has 3 heterocycles. The van der Waals surface area contributed by atoms with Crippen LogP contribution in [0.25, 0.3) is 16.7 Å². The van der Waals surface area contributed by atoms with Crippen molar-refractivity contribution in [3.8, 4) is 22.6 Å². The van der Waals surface area contributed by atoms with Crippen LogP contribution in [0.5, 0.6) is 11.5 Å². The van der Waals surface area contributed by atoms with Gasteiger partial charge in [0.25, 0.3) is 10.0 Å². The summed E-state index contributed by atoms with van der Waals surface area (Å²) >= 11 is 0. The fourth-order valence-corrected chi connectivity index (χ4v) is 4.76. The molecule has 2 N–H and O–H groups in total. The first-order chi connectivity index (χ1) is 19.2. The average Bonchev–Trinajstić information content (AvgIpc) is 2.88. The molecule has 0 aliphatic carbocycles. The third-order valence-corrected chi connectivity index (χ3v) is 6.64. The van der Waals surface area contributed by atoms with Gasteiger partial charge in [-0.05, 0) is 59.7 Å². The van der Waals surface area contributed by atoms with Crippen LogP contribution < -0.4 is 15.2 Å². The van der Waals surface area contributed by atoms with E-state index in [4.69, 9.17) is 5.73 Å². The van der Waals surface area contributed by atoms with Crippen molar-refractivity contribution in [3.63, 3.8) is 0 Å². The van der Waals surface area contributed by atoms with E-state index in [2.05, 4.69) is 18.9 Å². The Labute approximate surface area is 230 Å². The molecule has 41 heavy (non-hydrogen) atoms. The first-order valence-electron chi connectivity index (χ1n) is 11.6. The minimum absolute atomic E-state index is 0.0769. The number of nitrogen functional groups attached to an aromatic ring is 1. The summed E-state index contributed by atoms with van der Waals surface area (Å²) in [5.41, 5.74) is 8.08. The Hall–Kier alpha value is -4.53. The summed E-state index contributed by atoms with van der Waals surface area (Å²) in [5.74, 6) is -0.103. The van der Waals surface area contributed by atoms with Crippen LogP contribution in [0, 0.1) is 0 Å². The van der Waals surface area contributed by atoms with Gasteiger partial charge in [0.15, 0.2) is 5.84 Å². The minimum atomic E-state index is -4.76. The zero-order chi connectivity index (χ0) is 29.8. The number of nitrogens with two attached hydrogens (primary N) is 1. The van der Waals surface area contributed by atoms with Crippen LogP contribution in [0.3, 0.4) is 0 Å². The zero-order valence-corrected chi connectivity index (χ0v) is 21.5. The van der Waals surface area contributed by atoms with E-state index in [1.54, 1.807) is 41.6 Å². The third-order valence-electron chi connectivity index (χ3n) is 5.49. The van der Waals surface area contributed by atoms with Crippen LogP contribution >= 0.6 is 0 Å². The van der Waals surface area contributed by atoms with Crippen LogP contribution in [0.4, 0.5) is 32.2 Å². The van der Waals surface area contributed by atoms with Crippen molar-refractivity contribution in [3.05, 3.63) is 90.8 Å². The number of ether oxygens (including phenoxy) is 2. The van der Waals surface area contributed by atoms with Gasteiger partial charge in [-0.15, -0.1) is 30.7 Å². The molecule has 2 aliphatic rings. The highest BCUT2D eigenvalue weighted by molar-refractivity contribution is 7.90. The number of alkyl halides is 6. The van der Waals surface area contributed by atoms with Gasteiger partial charge in [0.2, 0.25) is 0 Å². The van der Waals surface area contributed by atoms with Gasteiger partial charge in [-0.3, -0.25) is 0 Å². The van der Waals surface area contributed by atoms with Crippen LogP contribution in [0.15, 0.2) is 89.6 Å². The molecule has 0 saturated heterocycles. The predicted molar refractivity (Wildman–Crippen MR) is 139 cm³/mol. The van der Waals surface area contributed by atoms with Crippen molar-refractivity contribution < 1.29 is 44.2 Å². The monoisotopic (exact) mass is 598 g/mol. The number of allylic oxidation sites excluding steroid dienone is 2. The van der Waals surface area contributed by atoms with E-state index in [0.717, 1.165) is 0 Å². The van der Waals surface area contributed by atoms with Gasteiger partial charge in [-0.1, -0.05) is 24.3 Å². The summed E-state index contributed by atoms with van der Waals surface area (Å²) in [4.78, 5) is 5.59. The highest BCUT2D eigenvalue weighted by Gasteiger charge is 2.32. The van der Waals surface area contributed by atoms with Gasteiger partial charge >= 0.3 is 12.7 Å². The van der Waals surface area contributed by atoms with E-state index < -0.39 is 22.7 Å². The van der Waals surface area contributed by atoms with Gasteiger partial charge in [0.05, 0.1) is 5.75 Å². The summed E-state index contributed by atoms with van der Waals surface area (Å²) in [6.07, 6.45) is -2.80. The molecule has 1 aromatic heterocycles. The maximum absolute atomic E-state index is 12.2. The third kappa shape index (κ3) is 8.23. The van der Waals surface area contributed by atoms with Gasteiger partial charge in [0, 0.05) is 30.1 Å². The molecule has 216 valence electrons. The zero-order valence-electron chi connectivity index (χ0n) is 20.7. The molecule has 0 spiro atoms. The molecule has 0 fully saturated rings. The van der Waals surface area contributed by atoms with Crippen molar-refractivity contribution >= 4 is 27.2 Å². The number of amidine groups is 1. The molecule has 15 heteroatoms. The SMILES string of the molecule is Nc1ncccc1-c1ccc(OC(F)(F)F)cc1.O=S1(=O)CCN2C=CC=C(c3ccc(OC(F)(F)F)cc3)C2=N1. The largest absolute Gasteiger partial charge is 0.573 e. The van der Waals surface area contributed by atoms with E-state index in [-0.39, 0.29) is 29.6 Å². The summed E-state index contributed by atoms with van der Waals surface area (Å²) in [7, 11) is -3.53. The molecule has 3 aromatic rings. The molecule has 0 radical (unpaired) electrons. The van der Waals surface area contributed by atoms with Crippen LogP contribution in [-0.4, -0.2) is 49.2 Å². The Balaban J connectivity index is 0.000000195. The number of aromatic nitrogens is 1. The van der Waals surface area contributed by atoms with Crippen molar-refractivity contribution in [2.75, 3.05) is 18.0 Å². The normalized spacial score (nSPS) is 16.0. The number of hydrogen-bond donors (Lipinski definition) is 1. The molecule has 5 rings (SSSR count). The highest BCUT2D eigenvalue weighted by atomic mass is 32.2. The number of nitrogens with zero attached hydrogens (tertiary/aromatic N) is 3. The predicted octanol–water partition coefficient (Wildman–Crippen LogP) is 5.77. The lowest BCUT2D eigenvalue weighted by Crippen LogP contribution is -2.37. The second-order valence-corrected chi connectivity index (χ2v) is 10.2. The maximum Gasteiger partial charge on any atom is 0.573 e. The molecule has 0 amide bonds. The topological polar surface area (TPSA) is 107 Å². The number of sulfonamides is 1. The van der Waals surface area contributed by atoms with Crippen molar-refractivity contribution in [1.82, 2.24) is 9.88 Å². The quantitative estimate of drug-likeness (QED) is 0.380. The first-order valence-corrected chi connectivity index (χ1v) is 13.2. The van der Waals surface area contributed by atoms with Gasteiger partial charge < -0.3 is 20.1 Å². The Morgan fingerprint density at radius 3 is 1.93 bits per heavy atom. The summed E-state index contributed by atoms with van der Waals surface area (Å²) in [6.45, 7) is 0.282. The molecular weight excluding hydrogens is 578 g/mol. The Kier molecular flexibility index (Phi) is 8.28. The lowest BCUT2D eigenvalue weighted by atomic mass is 10.0. The second-order valence-electron chi connectivity index (χ2n) is 8.40. The number of fused-ring (bicyclic) bond motifs is 1. The number of anilines is 1. The second kappa shape index (κ2) is 11.5. The van der Waals surface area contributed by atoms with Crippen molar-refractivity contribution in [2.45, 2.75) is 12.7 Å². The fourth-order valence-electron chi connectivity index (χ4n) is 3.78. The molecule has 2 aromatic carbocycles. The first kappa shape index (κ1) is 29.5. The van der Waals surface area contributed by atoms with E-state index in [9.17, 15) is 34.8 Å². The fraction of sp³-hybridized carbons (Fsp3) is 0.154. The Morgan fingerprint density at radius 2 is 1.39 bits per heavy atom. The number of hydrogen-bond acceptors (Lipinski definition) is 7. The van der Waals surface area contributed by atoms with E-state index >= 15 is 0 Å². The van der Waals surface area contributed by atoms with Crippen molar-refractivity contribution in [1.29, 1.82) is 0 Å². The Morgan fingerprint density at radius 1 is 0.829 bits per heavy atom. The number of halogens is 6. The van der Waals surface area contributed by atoms with Crippen LogP contribution in [-0.2, 0) is 10.0 Å². The molecule has 0 saturated carbocycles.